The molecule has 13 heavy (non-hydrogen) atoms. The van der Waals surface area contributed by atoms with E-state index in [1.807, 2.05) is 0 Å². The highest BCUT2D eigenvalue weighted by atomic mass is 79.9. The van der Waals surface area contributed by atoms with Gasteiger partial charge in [0.05, 0.1) is 22.1 Å². The molecular formula is C7H5BrClNO3. The Bertz CT molecular complexity index is 356. The van der Waals surface area contributed by atoms with Crippen LogP contribution in [-0.4, -0.2) is 10.0 Å². The molecule has 0 radical (unpaired) electrons. The molecule has 4 nitrogen and oxygen atoms in total. The molecule has 0 saturated carbocycles. The number of aliphatic hydroxyl groups is 1. The van der Waals surface area contributed by atoms with Crippen LogP contribution in [0.25, 0.3) is 0 Å². The van der Waals surface area contributed by atoms with Crippen molar-refractivity contribution in [3.8, 4) is 0 Å². The van der Waals surface area contributed by atoms with E-state index in [0.717, 1.165) is 0 Å². The molecule has 0 unspecified atom stereocenters. The maximum absolute atomic E-state index is 10.5. The fraction of sp³-hybridized carbons (Fsp3) is 0.143. The Balaban J connectivity index is 3.38. The number of benzene rings is 1. The number of nitro benzene ring substituents is 1. The van der Waals surface area contributed by atoms with E-state index in [1.54, 1.807) is 0 Å². The van der Waals surface area contributed by atoms with Gasteiger partial charge in [0.1, 0.15) is 0 Å². The van der Waals surface area contributed by atoms with Crippen molar-refractivity contribution in [2.75, 3.05) is 0 Å². The second-order valence-electron chi connectivity index (χ2n) is 2.30. The standard InChI is InChI=1S/C7H5BrClNO3/c8-4-1-6(9)5(3-11)7(2-4)10(12)13/h1-2,11H,3H2. The minimum absolute atomic E-state index is 0.134. The molecule has 0 aliphatic heterocycles. The number of rotatable bonds is 2. The van der Waals surface area contributed by atoms with E-state index < -0.39 is 11.5 Å². The molecule has 70 valence electrons. The summed E-state index contributed by atoms with van der Waals surface area (Å²) < 4.78 is 0.515. The van der Waals surface area contributed by atoms with E-state index >= 15 is 0 Å². The molecule has 0 fully saturated rings. The largest absolute Gasteiger partial charge is 0.391 e. The van der Waals surface area contributed by atoms with Gasteiger partial charge in [-0.3, -0.25) is 10.1 Å². The maximum Gasteiger partial charge on any atom is 0.277 e. The lowest BCUT2D eigenvalue weighted by atomic mass is 10.2. The summed E-state index contributed by atoms with van der Waals surface area (Å²) in [5.41, 5.74) is -0.0447. The fourth-order valence-electron chi connectivity index (χ4n) is 0.909. The quantitative estimate of drug-likeness (QED) is 0.661. The summed E-state index contributed by atoms with van der Waals surface area (Å²) in [5.74, 6) is 0. The molecule has 0 spiro atoms. The summed E-state index contributed by atoms with van der Waals surface area (Å²) in [5, 5.41) is 19.5. The van der Waals surface area contributed by atoms with Crippen molar-refractivity contribution in [3.05, 3.63) is 37.3 Å². The van der Waals surface area contributed by atoms with Gasteiger partial charge >= 0.3 is 0 Å². The van der Waals surface area contributed by atoms with Gasteiger partial charge in [-0.15, -0.1) is 0 Å². The molecule has 1 aromatic rings. The molecule has 0 aliphatic carbocycles. The van der Waals surface area contributed by atoms with E-state index in [4.69, 9.17) is 16.7 Å². The first-order chi connectivity index (χ1) is 6.06. The molecule has 0 aliphatic rings. The van der Waals surface area contributed by atoms with Gasteiger partial charge in [0.2, 0.25) is 0 Å². The highest BCUT2D eigenvalue weighted by molar-refractivity contribution is 9.10. The first-order valence-corrected chi connectivity index (χ1v) is 4.46. The third-order valence-corrected chi connectivity index (χ3v) is 2.29. The summed E-state index contributed by atoms with van der Waals surface area (Å²) in [6, 6.07) is 2.80. The predicted octanol–water partition coefficient (Wildman–Crippen LogP) is 2.50. The molecule has 0 atom stereocenters. The van der Waals surface area contributed by atoms with Crippen LogP contribution in [0, 0.1) is 10.1 Å². The SMILES string of the molecule is O=[N+]([O-])c1cc(Br)cc(Cl)c1CO. The van der Waals surface area contributed by atoms with Crippen LogP contribution in [0.5, 0.6) is 0 Å². The monoisotopic (exact) mass is 265 g/mol. The lowest BCUT2D eigenvalue weighted by Crippen LogP contribution is -1.96. The van der Waals surface area contributed by atoms with E-state index in [0.29, 0.717) is 4.47 Å². The molecule has 0 aromatic heterocycles. The summed E-state index contributed by atoms with van der Waals surface area (Å²) in [7, 11) is 0. The molecule has 1 rings (SSSR count). The zero-order valence-electron chi connectivity index (χ0n) is 6.33. The predicted molar refractivity (Wildman–Crippen MR) is 51.7 cm³/mol. The van der Waals surface area contributed by atoms with Gasteiger partial charge in [-0.1, -0.05) is 27.5 Å². The number of hydrogen-bond acceptors (Lipinski definition) is 3. The van der Waals surface area contributed by atoms with Crippen LogP contribution >= 0.6 is 27.5 Å². The van der Waals surface area contributed by atoms with Crippen molar-refractivity contribution in [1.82, 2.24) is 0 Å². The van der Waals surface area contributed by atoms with Crippen molar-refractivity contribution in [1.29, 1.82) is 0 Å². The van der Waals surface area contributed by atoms with Crippen LogP contribution in [-0.2, 0) is 6.61 Å². The molecule has 6 heteroatoms. The van der Waals surface area contributed by atoms with Gasteiger partial charge < -0.3 is 5.11 Å². The first-order valence-electron chi connectivity index (χ1n) is 3.29. The number of aliphatic hydroxyl groups excluding tert-OH is 1. The van der Waals surface area contributed by atoms with Crippen LogP contribution in [0.1, 0.15) is 5.56 Å². The summed E-state index contributed by atoms with van der Waals surface area (Å²) in [6.45, 7) is -0.442. The van der Waals surface area contributed by atoms with Gasteiger partial charge in [0.25, 0.3) is 5.69 Å². The molecule has 0 bridgehead atoms. The Morgan fingerprint density at radius 1 is 1.62 bits per heavy atom. The second kappa shape index (κ2) is 4.04. The summed E-state index contributed by atoms with van der Waals surface area (Å²) in [4.78, 5) is 9.92. The minimum Gasteiger partial charge on any atom is -0.391 e. The van der Waals surface area contributed by atoms with E-state index in [2.05, 4.69) is 15.9 Å². The average Bonchev–Trinajstić information content (AvgIpc) is 2.02. The summed E-state index contributed by atoms with van der Waals surface area (Å²) in [6.07, 6.45) is 0. The molecule has 0 saturated heterocycles. The van der Waals surface area contributed by atoms with Gasteiger partial charge in [-0.25, -0.2) is 0 Å². The van der Waals surface area contributed by atoms with E-state index in [9.17, 15) is 10.1 Å². The third kappa shape index (κ3) is 2.18. The average molecular weight is 266 g/mol. The van der Waals surface area contributed by atoms with Crippen LogP contribution in [0.15, 0.2) is 16.6 Å². The second-order valence-corrected chi connectivity index (χ2v) is 3.62. The van der Waals surface area contributed by atoms with Crippen LogP contribution in [0.4, 0.5) is 5.69 Å². The van der Waals surface area contributed by atoms with Crippen LogP contribution < -0.4 is 0 Å². The van der Waals surface area contributed by atoms with Crippen LogP contribution in [0.3, 0.4) is 0 Å². The van der Waals surface area contributed by atoms with Crippen molar-refractivity contribution in [2.24, 2.45) is 0 Å². The number of hydrogen-bond donors (Lipinski definition) is 1. The Labute approximate surface area is 87.4 Å². The third-order valence-electron chi connectivity index (χ3n) is 1.49. The molecule has 1 aromatic carbocycles. The smallest absolute Gasteiger partial charge is 0.277 e. The Morgan fingerprint density at radius 3 is 2.69 bits per heavy atom. The first kappa shape index (κ1) is 10.4. The van der Waals surface area contributed by atoms with Gasteiger partial charge in [-0.05, 0) is 6.07 Å². The Kier molecular flexibility index (Phi) is 3.24. The normalized spacial score (nSPS) is 10.1. The Hall–Kier alpha value is -0.650. The van der Waals surface area contributed by atoms with Crippen molar-refractivity contribution < 1.29 is 10.0 Å². The number of nitro groups is 1. The van der Waals surface area contributed by atoms with Crippen LogP contribution in [0.2, 0.25) is 5.02 Å². The zero-order chi connectivity index (χ0) is 10.0. The summed E-state index contributed by atoms with van der Waals surface area (Å²) >= 11 is 8.76. The van der Waals surface area contributed by atoms with Crippen molar-refractivity contribution in [3.63, 3.8) is 0 Å². The molecular weight excluding hydrogens is 261 g/mol. The number of nitrogens with zero attached hydrogens (tertiary/aromatic N) is 1. The van der Waals surface area contributed by atoms with Gasteiger partial charge in [-0.2, -0.15) is 0 Å². The minimum atomic E-state index is -0.581. The van der Waals surface area contributed by atoms with Crippen molar-refractivity contribution in [2.45, 2.75) is 6.61 Å². The highest BCUT2D eigenvalue weighted by Crippen LogP contribution is 2.30. The highest BCUT2D eigenvalue weighted by Gasteiger charge is 2.17. The topological polar surface area (TPSA) is 63.4 Å². The van der Waals surface area contributed by atoms with Gasteiger partial charge in [0, 0.05) is 10.5 Å². The number of halogens is 2. The fourth-order valence-corrected chi connectivity index (χ4v) is 1.76. The molecule has 1 N–H and O–H groups in total. The lowest BCUT2D eigenvalue weighted by Gasteiger charge is -2.02. The molecule has 0 amide bonds. The van der Waals surface area contributed by atoms with Gasteiger partial charge in [0.15, 0.2) is 0 Å². The zero-order valence-corrected chi connectivity index (χ0v) is 8.67. The van der Waals surface area contributed by atoms with E-state index in [1.165, 1.54) is 12.1 Å². The Morgan fingerprint density at radius 2 is 2.23 bits per heavy atom. The van der Waals surface area contributed by atoms with E-state index in [-0.39, 0.29) is 16.3 Å². The van der Waals surface area contributed by atoms with Crippen molar-refractivity contribution >= 4 is 33.2 Å². The molecule has 0 heterocycles. The lowest BCUT2D eigenvalue weighted by molar-refractivity contribution is -0.385. The maximum atomic E-state index is 10.5.